The summed E-state index contributed by atoms with van der Waals surface area (Å²) in [7, 11) is 3.27. The fourth-order valence-electron chi connectivity index (χ4n) is 4.02. The lowest BCUT2D eigenvalue weighted by atomic mass is 10.0. The van der Waals surface area contributed by atoms with Crippen LogP contribution in [-0.2, 0) is 13.6 Å². The number of carbonyl (C=O) groups excluding carboxylic acids is 2. The van der Waals surface area contributed by atoms with E-state index in [1.165, 1.54) is 4.57 Å². The zero-order valence-corrected chi connectivity index (χ0v) is 19.6. The summed E-state index contributed by atoms with van der Waals surface area (Å²) >= 11 is 0. The lowest BCUT2D eigenvalue weighted by molar-refractivity contribution is 0.0942. The molecule has 4 aromatic rings. The molecule has 0 bridgehead atoms. The summed E-state index contributed by atoms with van der Waals surface area (Å²) < 4.78 is 7.61. The van der Waals surface area contributed by atoms with Crippen molar-refractivity contribution in [2.24, 2.45) is 7.05 Å². The molecule has 0 spiro atoms. The van der Waals surface area contributed by atoms with Gasteiger partial charge >= 0.3 is 0 Å². The molecule has 3 N–H and O–H groups in total. The number of aromatic nitrogens is 2. The lowest BCUT2D eigenvalue weighted by Crippen LogP contribution is -2.23. The Kier molecular flexibility index (Phi) is 5.86. The van der Waals surface area contributed by atoms with Crippen LogP contribution in [0.1, 0.15) is 39.3 Å². The number of fused-ring (bicyclic) bond motifs is 1. The Hall–Kier alpha value is -4.33. The summed E-state index contributed by atoms with van der Waals surface area (Å²) in [6.45, 7) is 0.283. The molecule has 1 aliphatic carbocycles. The van der Waals surface area contributed by atoms with E-state index >= 15 is 0 Å². The fourth-order valence-corrected chi connectivity index (χ4v) is 4.02. The van der Waals surface area contributed by atoms with Crippen molar-refractivity contribution in [1.82, 2.24) is 20.2 Å². The van der Waals surface area contributed by atoms with Gasteiger partial charge in [0, 0.05) is 48.9 Å². The highest BCUT2D eigenvalue weighted by atomic mass is 16.5. The van der Waals surface area contributed by atoms with Crippen LogP contribution >= 0.6 is 0 Å². The van der Waals surface area contributed by atoms with Crippen molar-refractivity contribution in [3.63, 3.8) is 0 Å². The van der Waals surface area contributed by atoms with Gasteiger partial charge < -0.3 is 24.9 Å². The Bertz CT molecular complexity index is 1480. The fraction of sp³-hybridized carbons (Fsp3) is 0.222. The number of rotatable bonds is 7. The van der Waals surface area contributed by atoms with Crippen LogP contribution in [0.15, 0.2) is 65.6 Å². The van der Waals surface area contributed by atoms with Gasteiger partial charge in [-0.15, -0.1) is 0 Å². The molecule has 2 aromatic heterocycles. The number of pyridine rings is 1. The van der Waals surface area contributed by atoms with Gasteiger partial charge in [-0.25, -0.2) is 0 Å². The standard InChI is InChI=1S/C27H26N4O4/c1-28-25(32)17-9-7-16(8-10-17)14-29-26(33)22-13-20-21(15-31(2)27(34)24(20)30-22)19-5-3-4-6-23(19)35-18-11-12-18/h3-10,13,15,18,30H,11-12,14H2,1-2H3,(H,28,32)(H,29,33). The normalized spacial score (nSPS) is 13.0. The van der Waals surface area contributed by atoms with Gasteiger partial charge in [-0.2, -0.15) is 0 Å². The van der Waals surface area contributed by atoms with Crippen molar-refractivity contribution in [1.29, 1.82) is 0 Å². The lowest BCUT2D eigenvalue weighted by Gasteiger charge is -2.12. The van der Waals surface area contributed by atoms with E-state index in [1.54, 1.807) is 50.6 Å². The van der Waals surface area contributed by atoms with Crippen molar-refractivity contribution in [3.05, 3.63) is 88.0 Å². The van der Waals surface area contributed by atoms with Gasteiger partial charge in [0.2, 0.25) is 0 Å². The topological polar surface area (TPSA) is 105 Å². The van der Waals surface area contributed by atoms with E-state index in [4.69, 9.17) is 4.74 Å². The number of aryl methyl sites for hydroxylation is 1. The van der Waals surface area contributed by atoms with E-state index in [0.29, 0.717) is 22.2 Å². The third-order valence-electron chi connectivity index (χ3n) is 6.10. The van der Waals surface area contributed by atoms with E-state index in [0.717, 1.165) is 35.3 Å². The molecule has 1 saturated carbocycles. The van der Waals surface area contributed by atoms with Crippen LogP contribution in [0.4, 0.5) is 0 Å². The van der Waals surface area contributed by atoms with E-state index < -0.39 is 0 Å². The second kappa shape index (κ2) is 9.13. The van der Waals surface area contributed by atoms with Crippen LogP contribution in [0.5, 0.6) is 5.75 Å². The zero-order chi connectivity index (χ0) is 24.5. The minimum absolute atomic E-state index is 0.167. The second-order valence-electron chi connectivity index (χ2n) is 8.70. The predicted octanol–water partition coefficient (Wildman–Crippen LogP) is 3.36. The highest BCUT2D eigenvalue weighted by molar-refractivity contribution is 6.03. The summed E-state index contributed by atoms with van der Waals surface area (Å²) in [4.78, 5) is 40.5. The maximum Gasteiger partial charge on any atom is 0.274 e. The van der Waals surface area contributed by atoms with Crippen molar-refractivity contribution in [2.45, 2.75) is 25.5 Å². The predicted molar refractivity (Wildman–Crippen MR) is 134 cm³/mol. The first-order valence-corrected chi connectivity index (χ1v) is 11.5. The van der Waals surface area contributed by atoms with E-state index in [-0.39, 0.29) is 30.0 Å². The zero-order valence-electron chi connectivity index (χ0n) is 19.6. The molecule has 35 heavy (non-hydrogen) atoms. The van der Waals surface area contributed by atoms with Crippen LogP contribution in [0.3, 0.4) is 0 Å². The van der Waals surface area contributed by atoms with Crippen LogP contribution < -0.4 is 20.9 Å². The van der Waals surface area contributed by atoms with E-state index in [1.807, 2.05) is 24.3 Å². The second-order valence-corrected chi connectivity index (χ2v) is 8.70. The van der Waals surface area contributed by atoms with Crippen molar-refractivity contribution in [3.8, 4) is 16.9 Å². The Morgan fingerprint density at radius 3 is 2.51 bits per heavy atom. The number of nitrogens with zero attached hydrogens (tertiary/aromatic N) is 1. The van der Waals surface area contributed by atoms with Gasteiger partial charge in [-0.1, -0.05) is 30.3 Å². The van der Waals surface area contributed by atoms with Gasteiger partial charge in [-0.3, -0.25) is 14.4 Å². The smallest absolute Gasteiger partial charge is 0.274 e. The number of hydrogen-bond acceptors (Lipinski definition) is 4. The number of para-hydroxylation sites is 1. The van der Waals surface area contributed by atoms with Crippen LogP contribution in [0.2, 0.25) is 0 Å². The number of ether oxygens (including phenoxy) is 1. The van der Waals surface area contributed by atoms with Gasteiger partial charge in [0.25, 0.3) is 17.4 Å². The molecule has 2 heterocycles. The first kappa shape index (κ1) is 22.5. The first-order chi connectivity index (χ1) is 16.9. The minimum atomic E-state index is -0.327. The maximum atomic E-state index is 12.9. The van der Waals surface area contributed by atoms with Gasteiger partial charge in [0.05, 0.1) is 6.10 Å². The van der Waals surface area contributed by atoms with Crippen molar-refractivity contribution >= 4 is 22.7 Å². The Balaban J connectivity index is 1.43. The molecule has 0 radical (unpaired) electrons. The van der Waals surface area contributed by atoms with Gasteiger partial charge in [0.1, 0.15) is 17.0 Å². The van der Waals surface area contributed by atoms with Crippen LogP contribution in [0, 0.1) is 0 Å². The number of hydrogen-bond donors (Lipinski definition) is 3. The average Bonchev–Trinajstić information content (AvgIpc) is 3.58. The van der Waals surface area contributed by atoms with E-state index in [9.17, 15) is 14.4 Å². The molecule has 0 saturated heterocycles. The van der Waals surface area contributed by atoms with Gasteiger partial charge in [-0.05, 0) is 42.7 Å². The molecule has 2 amide bonds. The van der Waals surface area contributed by atoms with Crippen molar-refractivity contribution in [2.75, 3.05) is 7.05 Å². The number of amides is 2. The summed E-state index contributed by atoms with van der Waals surface area (Å²) in [6.07, 6.45) is 4.10. The first-order valence-electron chi connectivity index (χ1n) is 11.5. The Morgan fingerprint density at radius 2 is 1.80 bits per heavy atom. The van der Waals surface area contributed by atoms with E-state index in [2.05, 4.69) is 15.6 Å². The number of nitrogens with one attached hydrogen (secondary N) is 3. The molecule has 5 rings (SSSR count). The third kappa shape index (κ3) is 4.55. The number of benzene rings is 2. The highest BCUT2D eigenvalue weighted by Crippen LogP contribution is 2.37. The number of aromatic amines is 1. The van der Waals surface area contributed by atoms with Gasteiger partial charge in [0.15, 0.2) is 0 Å². The molecule has 0 unspecified atom stereocenters. The Morgan fingerprint density at radius 1 is 1.06 bits per heavy atom. The largest absolute Gasteiger partial charge is 0.490 e. The molecule has 0 atom stereocenters. The maximum absolute atomic E-state index is 12.9. The highest BCUT2D eigenvalue weighted by Gasteiger charge is 2.25. The molecule has 2 aromatic carbocycles. The van der Waals surface area contributed by atoms with Crippen LogP contribution in [-0.4, -0.2) is 34.5 Å². The number of H-pyrrole nitrogens is 1. The monoisotopic (exact) mass is 470 g/mol. The molecular weight excluding hydrogens is 444 g/mol. The minimum Gasteiger partial charge on any atom is -0.490 e. The summed E-state index contributed by atoms with van der Waals surface area (Å²) in [5, 5.41) is 6.12. The molecule has 178 valence electrons. The Labute approximate surface area is 201 Å². The number of carbonyl (C=O) groups is 2. The molecule has 0 aliphatic heterocycles. The summed E-state index contributed by atoms with van der Waals surface area (Å²) in [6, 6.07) is 16.5. The average molecular weight is 471 g/mol. The molecule has 8 nitrogen and oxygen atoms in total. The SMILES string of the molecule is CNC(=O)c1ccc(CNC(=O)c2cc3c(-c4ccccc4OC4CC4)cn(C)c(=O)c3[nH]2)cc1. The van der Waals surface area contributed by atoms with Crippen LogP contribution in [0.25, 0.3) is 22.0 Å². The molecule has 8 heteroatoms. The quantitative estimate of drug-likeness (QED) is 0.385. The molecular formula is C27H26N4O4. The summed E-state index contributed by atoms with van der Waals surface area (Å²) in [5.74, 6) is 0.273. The molecule has 1 fully saturated rings. The van der Waals surface area contributed by atoms with Crippen molar-refractivity contribution < 1.29 is 14.3 Å². The third-order valence-corrected chi connectivity index (χ3v) is 6.10. The summed E-state index contributed by atoms with van der Waals surface area (Å²) in [5.41, 5.74) is 3.55. The molecule has 1 aliphatic rings.